The van der Waals surface area contributed by atoms with E-state index in [0.717, 1.165) is 4.47 Å². The summed E-state index contributed by atoms with van der Waals surface area (Å²) < 4.78 is 12.3. The van der Waals surface area contributed by atoms with E-state index >= 15 is 0 Å². The fourth-order valence-electron chi connectivity index (χ4n) is 2.07. The minimum atomic E-state index is -0.792. The molecule has 124 valence electrons. The van der Waals surface area contributed by atoms with Crippen molar-refractivity contribution in [1.82, 2.24) is 5.43 Å². The maximum atomic E-state index is 12.1. The molecule has 0 spiro atoms. The number of hydrazone groups is 1. The molecule has 0 saturated carbocycles. The first-order valence-electron chi connectivity index (χ1n) is 6.94. The summed E-state index contributed by atoms with van der Waals surface area (Å²) in [5.74, 6) is 0.715. The van der Waals surface area contributed by atoms with Crippen LogP contribution in [0.1, 0.15) is 5.56 Å². The van der Waals surface area contributed by atoms with Gasteiger partial charge in [-0.1, -0.05) is 28.1 Å². The monoisotopic (exact) mass is 454 g/mol. The molecule has 2 aromatic rings. The highest BCUT2D eigenvalue weighted by Gasteiger charge is 2.27. The molecule has 1 aliphatic rings. The number of phenolic OH excluding ortho intramolecular Hbond substituents is 1. The fraction of sp³-hybridized carbons (Fsp3) is 0.125. The van der Waals surface area contributed by atoms with Crippen LogP contribution in [0.2, 0.25) is 0 Å². The van der Waals surface area contributed by atoms with Crippen molar-refractivity contribution in [2.75, 3.05) is 6.61 Å². The van der Waals surface area contributed by atoms with Gasteiger partial charge in [-0.25, -0.2) is 5.43 Å². The van der Waals surface area contributed by atoms with Crippen molar-refractivity contribution >= 4 is 44.0 Å². The largest absolute Gasteiger partial charge is 0.506 e. The second-order valence-electron chi connectivity index (χ2n) is 4.92. The summed E-state index contributed by atoms with van der Waals surface area (Å²) in [5, 5.41) is 13.8. The minimum Gasteiger partial charge on any atom is -0.506 e. The van der Waals surface area contributed by atoms with Crippen molar-refractivity contribution < 1.29 is 19.4 Å². The van der Waals surface area contributed by atoms with Gasteiger partial charge in [0.05, 0.1) is 10.7 Å². The van der Waals surface area contributed by atoms with Gasteiger partial charge in [0.15, 0.2) is 11.5 Å². The molecule has 24 heavy (non-hydrogen) atoms. The lowest BCUT2D eigenvalue weighted by atomic mass is 10.2. The van der Waals surface area contributed by atoms with Gasteiger partial charge < -0.3 is 14.6 Å². The third-order valence-corrected chi connectivity index (χ3v) is 4.30. The number of aromatic hydroxyl groups is 1. The van der Waals surface area contributed by atoms with E-state index in [-0.39, 0.29) is 12.4 Å². The molecule has 0 radical (unpaired) electrons. The van der Waals surface area contributed by atoms with Gasteiger partial charge >= 0.3 is 0 Å². The number of halogens is 2. The molecule has 1 aliphatic heterocycles. The normalized spacial score (nSPS) is 16.2. The lowest BCUT2D eigenvalue weighted by Crippen LogP contribution is -2.42. The number of hydrogen-bond acceptors (Lipinski definition) is 5. The van der Waals surface area contributed by atoms with E-state index in [0.29, 0.717) is 21.5 Å². The number of amides is 1. The molecule has 1 amide bonds. The Bertz CT molecular complexity index is 811. The highest BCUT2D eigenvalue weighted by atomic mass is 79.9. The Balaban J connectivity index is 1.64. The summed E-state index contributed by atoms with van der Waals surface area (Å²) >= 11 is 6.55. The zero-order valence-electron chi connectivity index (χ0n) is 12.2. The van der Waals surface area contributed by atoms with Crippen molar-refractivity contribution in [2.24, 2.45) is 5.10 Å². The molecule has 8 heteroatoms. The number of para-hydroxylation sites is 2. The van der Waals surface area contributed by atoms with Crippen LogP contribution in [-0.4, -0.2) is 29.9 Å². The minimum absolute atomic E-state index is 0.0300. The van der Waals surface area contributed by atoms with Gasteiger partial charge in [0.25, 0.3) is 5.91 Å². The van der Waals surface area contributed by atoms with Crippen molar-refractivity contribution in [3.8, 4) is 17.2 Å². The number of carbonyl (C=O) groups is 1. The molecule has 0 aliphatic carbocycles. The zero-order chi connectivity index (χ0) is 17.1. The third kappa shape index (κ3) is 3.70. The topological polar surface area (TPSA) is 80.2 Å². The molecule has 3 rings (SSSR count). The van der Waals surface area contributed by atoms with Crippen LogP contribution in [0.15, 0.2) is 50.4 Å². The number of phenols is 1. The maximum absolute atomic E-state index is 12.1. The van der Waals surface area contributed by atoms with E-state index < -0.39 is 12.0 Å². The Morgan fingerprint density at radius 1 is 1.29 bits per heavy atom. The van der Waals surface area contributed by atoms with Gasteiger partial charge in [0, 0.05) is 10.0 Å². The standard InChI is InChI=1S/C16H12Br2N2O4/c17-10-5-9(15(21)11(18)6-10)7-19-20-16(22)14-8-23-12-3-1-2-4-13(12)24-14/h1-7,14,21H,8H2,(H,20,22)/b19-7+/t14-/m0/s1. The van der Waals surface area contributed by atoms with Crippen LogP contribution in [0.25, 0.3) is 0 Å². The first-order valence-corrected chi connectivity index (χ1v) is 8.52. The molecular formula is C16H12Br2N2O4. The van der Waals surface area contributed by atoms with Crippen LogP contribution in [-0.2, 0) is 4.79 Å². The number of carbonyl (C=O) groups excluding carboxylic acids is 1. The molecule has 0 bridgehead atoms. The molecule has 0 aromatic heterocycles. The summed E-state index contributed by atoms with van der Waals surface area (Å²) in [6.07, 6.45) is 0.556. The molecule has 1 atom stereocenters. The molecule has 2 aromatic carbocycles. The second kappa shape index (κ2) is 7.23. The van der Waals surface area contributed by atoms with Crippen molar-refractivity contribution in [1.29, 1.82) is 0 Å². The summed E-state index contributed by atoms with van der Waals surface area (Å²) in [6, 6.07) is 10.5. The summed E-state index contributed by atoms with van der Waals surface area (Å²) in [4.78, 5) is 12.1. The molecule has 0 unspecified atom stereocenters. The smallest absolute Gasteiger partial charge is 0.284 e. The van der Waals surface area contributed by atoms with E-state index in [1.165, 1.54) is 6.21 Å². The lowest BCUT2D eigenvalue weighted by Gasteiger charge is -2.24. The summed E-state index contributed by atoms with van der Waals surface area (Å²) in [6.45, 7) is 0.103. The van der Waals surface area contributed by atoms with Gasteiger partial charge in [-0.3, -0.25) is 4.79 Å². The molecule has 0 fully saturated rings. The maximum Gasteiger partial charge on any atom is 0.284 e. The number of hydrogen-bond donors (Lipinski definition) is 2. The number of fused-ring (bicyclic) bond motifs is 1. The van der Waals surface area contributed by atoms with Crippen LogP contribution in [0.3, 0.4) is 0 Å². The van der Waals surface area contributed by atoms with E-state index in [2.05, 4.69) is 42.4 Å². The van der Waals surface area contributed by atoms with Crippen LogP contribution in [0.4, 0.5) is 0 Å². The molecular weight excluding hydrogens is 444 g/mol. The predicted molar refractivity (Wildman–Crippen MR) is 95.6 cm³/mol. The van der Waals surface area contributed by atoms with Gasteiger partial charge in [0.1, 0.15) is 12.4 Å². The van der Waals surface area contributed by atoms with Crippen molar-refractivity contribution in [3.63, 3.8) is 0 Å². The number of benzene rings is 2. The predicted octanol–water partition coefficient (Wildman–Crippen LogP) is 3.21. The van der Waals surface area contributed by atoms with E-state index in [1.54, 1.807) is 30.3 Å². The SMILES string of the molecule is O=C(N/N=C/c1cc(Br)cc(Br)c1O)[C@@H]1COc2ccccc2O1. The van der Waals surface area contributed by atoms with E-state index in [9.17, 15) is 9.90 Å². The van der Waals surface area contributed by atoms with E-state index in [1.807, 2.05) is 6.07 Å². The molecule has 2 N–H and O–H groups in total. The summed E-state index contributed by atoms with van der Waals surface area (Å²) in [7, 11) is 0. The average molecular weight is 456 g/mol. The van der Waals surface area contributed by atoms with Gasteiger partial charge in [-0.2, -0.15) is 5.10 Å². The van der Waals surface area contributed by atoms with Gasteiger partial charge in [0.2, 0.25) is 6.10 Å². The van der Waals surface area contributed by atoms with E-state index in [4.69, 9.17) is 9.47 Å². The second-order valence-corrected chi connectivity index (χ2v) is 6.69. The first kappa shape index (κ1) is 16.8. The Morgan fingerprint density at radius 3 is 2.83 bits per heavy atom. The molecule has 1 heterocycles. The fourth-order valence-corrected chi connectivity index (χ4v) is 3.33. The van der Waals surface area contributed by atoms with Crippen molar-refractivity contribution in [2.45, 2.75) is 6.10 Å². The zero-order valence-corrected chi connectivity index (χ0v) is 15.4. The Hall–Kier alpha value is -2.06. The molecule has 0 saturated heterocycles. The third-order valence-electron chi connectivity index (χ3n) is 3.24. The summed E-state index contributed by atoms with van der Waals surface area (Å²) in [5.41, 5.74) is 2.83. The lowest BCUT2D eigenvalue weighted by molar-refractivity contribution is -0.130. The number of nitrogens with zero attached hydrogens (tertiary/aromatic N) is 1. The Kier molecular flexibility index (Phi) is 5.06. The number of rotatable bonds is 3. The average Bonchev–Trinajstić information content (AvgIpc) is 2.58. The van der Waals surface area contributed by atoms with Crippen LogP contribution >= 0.6 is 31.9 Å². The highest BCUT2D eigenvalue weighted by molar-refractivity contribution is 9.11. The highest BCUT2D eigenvalue weighted by Crippen LogP contribution is 2.31. The Morgan fingerprint density at radius 2 is 2.04 bits per heavy atom. The Labute approximate surface area is 154 Å². The van der Waals surface area contributed by atoms with Gasteiger partial charge in [-0.15, -0.1) is 0 Å². The molecule has 6 nitrogen and oxygen atoms in total. The van der Waals surface area contributed by atoms with Crippen LogP contribution < -0.4 is 14.9 Å². The van der Waals surface area contributed by atoms with Crippen LogP contribution in [0, 0.1) is 0 Å². The number of ether oxygens (including phenoxy) is 2. The first-order chi connectivity index (χ1) is 11.5. The van der Waals surface area contributed by atoms with Crippen LogP contribution in [0.5, 0.6) is 17.2 Å². The van der Waals surface area contributed by atoms with Gasteiger partial charge in [-0.05, 0) is 40.2 Å². The quantitative estimate of drug-likeness (QED) is 0.550. The number of nitrogens with one attached hydrogen (secondary N) is 1. The van der Waals surface area contributed by atoms with Crippen molar-refractivity contribution in [3.05, 3.63) is 50.9 Å².